The summed E-state index contributed by atoms with van der Waals surface area (Å²) >= 11 is 0. The number of carbonyl (C=O) groups excluding carboxylic acids is 11. The van der Waals surface area contributed by atoms with Gasteiger partial charge in [0.25, 0.3) is 0 Å². The summed E-state index contributed by atoms with van der Waals surface area (Å²) in [4.78, 5) is 168. The molecule has 0 aromatic rings. The van der Waals surface area contributed by atoms with Crippen LogP contribution in [-0.2, 0) is 52.7 Å². The number of aliphatic hydroxyl groups is 1. The van der Waals surface area contributed by atoms with Gasteiger partial charge in [0.1, 0.15) is 60.4 Å². The number of likely N-dealkylation sites (N-methyl/N-ethyl adjacent to an activating group) is 7. The van der Waals surface area contributed by atoms with E-state index in [9.17, 15) is 48.3 Å². The molecule has 1 rings (SSSR count). The topological polar surface area (TPSA) is 279 Å². The molecule has 0 bridgehead atoms. The molecule has 4 unspecified atom stereocenters. The maximum atomic E-state index is 15.1. The van der Waals surface area contributed by atoms with E-state index >= 15 is 9.59 Å². The van der Waals surface area contributed by atoms with Crippen LogP contribution in [0.3, 0.4) is 0 Å². The average Bonchev–Trinajstić information content (AvgIpc) is 3.02. The normalized spacial score (nSPS) is 26.8. The number of allylic oxidation sites excluding steroid dienone is 2. The average molecular weight is 1200 g/mol. The van der Waals surface area contributed by atoms with Gasteiger partial charge in [-0.25, -0.2) is 0 Å². The minimum Gasteiger partial charge on any atom is -0.390 e. The van der Waals surface area contributed by atoms with Gasteiger partial charge in [-0.05, 0) is 107 Å². The molecule has 0 aromatic carbocycles. The van der Waals surface area contributed by atoms with E-state index in [-0.39, 0.29) is 61.3 Å². The van der Waals surface area contributed by atoms with Crippen LogP contribution in [0.4, 0.5) is 0 Å². The summed E-state index contributed by atoms with van der Waals surface area (Å²) in [5.41, 5.74) is 0.214. The van der Waals surface area contributed by atoms with Crippen LogP contribution in [0.1, 0.15) is 149 Å². The van der Waals surface area contributed by atoms with Crippen molar-refractivity contribution in [3.8, 4) is 0 Å². The Morgan fingerprint density at radius 3 is 1.38 bits per heavy atom. The van der Waals surface area contributed by atoms with Gasteiger partial charge in [-0.3, -0.25) is 52.7 Å². The monoisotopic (exact) mass is 1200 g/mol. The Morgan fingerprint density at radius 2 is 0.929 bits per heavy atom. The predicted molar refractivity (Wildman–Crippen MR) is 328 cm³/mol. The number of carbonyl (C=O) groups is 11. The summed E-state index contributed by atoms with van der Waals surface area (Å²) in [6.45, 7) is 31.2. The maximum Gasteiger partial charge on any atom is 0.249 e. The fraction of sp³-hybridized carbons (Fsp3) is 0.758. The van der Waals surface area contributed by atoms with Gasteiger partial charge < -0.3 is 60.7 Å². The Balaban J connectivity index is 4.32. The highest BCUT2D eigenvalue weighted by molar-refractivity contribution is 6.00. The highest BCUT2D eigenvalue weighted by atomic mass is 16.3. The Bertz CT molecular complexity index is 2380. The maximum absolute atomic E-state index is 15.1. The van der Waals surface area contributed by atoms with E-state index in [1.54, 1.807) is 46.8 Å². The molecule has 0 aliphatic carbocycles. The van der Waals surface area contributed by atoms with Crippen LogP contribution in [0.5, 0.6) is 0 Å². The molecule has 85 heavy (non-hydrogen) atoms. The fourth-order valence-electron chi connectivity index (χ4n) is 10.5. The number of hydrogen-bond acceptors (Lipinski definition) is 12. The molecule has 23 heteroatoms. The van der Waals surface area contributed by atoms with Crippen molar-refractivity contribution in [1.82, 2.24) is 55.6 Å². The van der Waals surface area contributed by atoms with Crippen LogP contribution in [0, 0.1) is 35.5 Å². The first-order valence-electron chi connectivity index (χ1n) is 30.2. The Kier molecular flexibility index (Phi) is 31.3. The Hall–Kier alpha value is -6.39. The number of hydrogen-bond donors (Lipinski definition) is 5. The molecule has 0 spiro atoms. The lowest BCUT2D eigenvalue weighted by atomic mass is 9.91. The first kappa shape index (κ1) is 76.6. The van der Waals surface area contributed by atoms with E-state index in [1.165, 1.54) is 94.6 Å². The Morgan fingerprint density at radius 1 is 0.518 bits per heavy atom. The van der Waals surface area contributed by atoms with Gasteiger partial charge in [-0.15, -0.1) is 0 Å². The predicted octanol–water partition coefficient (Wildman–Crippen LogP) is 3.19. The summed E-state index contributed by atoms with van der Waals surface area (Å²) in [6.07, 6.45) is 2.95. The molecule has 12 atom stereocenters. The fourth-order valence-corrected chi connectivity index (χ4v) is 10.5. The molecular weight excluding hydrogens is 1090 g/mol. The standard InChI is InChI=1S/C62H109N11O12/c1-25-27-28-40(15)52(75)51-56(79)65-43(26-2)58(81)67(18)33-48(74)68(19)44(29-34(3)4)55(78)66-49(38(11)12)61(84)69(20)45(30-35(5)6)54(77)63-41(16)53(76)64-42(17)57(80)70(21)46(31-36(7)8)59(82)71(22)47(32-37(9)10)60(83)72(23)50(39(13)14)62(85)73(51)24/h25,27,34-37,39-47,49-52,75H,11,26,28-33H2,1-10,12-24H3,(H,63,77)(H,64,76)(H,65,79)(H,66,78)/b27-25+/t40-,41+,42?,43+,44+,45+,46+,47?,49+,50?,51+,52?/m1/s1. The first-order valence-corrected chi connectivity index (χ1v) is 30.2. The zero-order valence-electron chi connectivity index (χ0n) is 55.7. The third-order valence-corrected chi connectivity index (χ3v) is 15.9. The Labute approximate surface area is 508 Å². The van der Waals surface area contributed by atoms with Crippen LogP contribution in [0.2, 0.25) is 0 Å². The van der Waals surface area contributed by atoms with Crippen molar-refractivity contribution in [2.45, 2.75) is 216 Å². The van der Waals surface area contributed by atoms with Crippen LogP contribution >= 0.6 is 0 Å². The van der Waals surface area contributed by atoms with Crippen molar-refractivity contribution in [2.24, 2.45) is 35.5 Å². The van der Waals surface area contributed by atoms with E-state index in [1.807, 2.05) is 55.4 Å². The van der Waals surface area contributed by atoms with E-state index in [2.05, 4.69) is 27.8 Å². The number of rotatable bonds is 15. The molecule has 11 amide bonds. The van der Waals surface area contributed by atoms with E-state index in [4.69, 9.17) is 0 Å². The minimum absolute atomic E-state index is 0.0146. The van der Waals surface area contributed by atoms with Gasteiger partial charge in [-0.2, -0.15) is 0 Å². The molecule has 0 radical (unpaired) electrons. The number of nitrogens with zero attached hydrogens (tertiary/aromatic N) is 7. The van der Waals surface area contributed by atoms with Crippen molar-refractivity contribution < 1.29 is 57.8 Å². The zero-order chi connectivity index (χ0) is 66.0. The minimum atomic E-state index is -1.62. The van der Waals surface area contributed by atoms with Gasteiger partial charge >= 0.3 is 0 Å². The molecular formula is C62H109N11O12. The highest BCUT2D eigenvalue weighted by Gasteiger charge is 2.45. The van der Waals surface area contributed by atoms with Crippen molar-refractivity contribution in [3.63, 3.8) is 0 Å². The van der Waals surface area contributed by atoms with E-state index in [0.29, 0.717) is 6.42 Å². The lowest BCUT2D eigenvalue weighted by Crippen LogP contribution is -2.63. The first-order chi connectivity index (χ1) is 39.2. The van der Waals surface area contributed by atoms with Crippen molar-refractivity contribution in [2.75, 3.05) is 55.9 Å². The summed E-state index contributed by atoms with van der Waals surface area (Å²) in [7, 11) is 9.82. The molecule has 0 saturated carbocycles. The van der Waals surface area contributed by atoms with Gasteiger partial charge in [0, 0.05) is 49.3 Å². The summed E-state index contributed by atoms with van der Waals surface area (Å²) in [5.74, 6) is -9.52. The van der Waals surface area contributed by atoms with Crippen molar-refractivity contribution in [3.05, 3.63) is 24.3 Å². The smallest absolute Gasteiger partial charge is 0.249 e. The van der Waals surface area contributed by atoms with Gasteiger partial charge in [-0.1, -0.05) is 102 Å². The lowest BCUT2D eigenvalue weighted by Gasteiger charge is -2.41. The lowest BCUT2D eigenvalue weighted by molar-refractivity contribution is -0.157. The summed E-state index contributed by atoms with van der Waals surface area (Å²) < 4.78 is 0. The van der Waals surface area contributed by atoms with Crippen molar-refractivity contribution >= 4 is 65.0 Å². The van der Waals surface area contributed by atoms with Crippen molar-refractivity contribution in [1.29, 1.82) is 0 Å². The van der Waals surface area contributed by atoms with Crippen LogP contribution < -0.4 is 21.3 Å². The number of aliphatic hydroxyl groups excluding tert-OH is 1. The quantitative estimate of drug-likeness (QED) is 0.148. The molecule has 1 aliphatic rings. The molecule has 23 nitrogen and oxygen atoms in total. The second-order valence-corrected chi connectivity index (χ2v) is 25.7. The van der Waals surface area contributed by atoms with Crippen LogP contribution in [0.25, 0.3) is 0 Å². The molecule has 1 fully saturated rings. The van der Waals surface area contributed by atoms with Gasteiger partial charge in [0.2, 0.25) is 65.0 Å². The third-order valence-electron chi connectivity index (χ3n) is 15.9. The molecule has 1 heterocycles. The second-order valence-electron chi connectivity index (χ2n) is 25.7. The number of nitrogens with one attached hydrogen (secondary N) is 4. The van der Waals surface area contributed by atoms with E-state index in [0.717, 1.165) is 9.80 Å². The molecule has 0 aromatic heterocycles. The van der Waals surface area contributed by atoms with E-state index < -0.39 is 150 Å². The molecule has 5 N–H and O–H groups in total. The summed E-state index contributed by atoms with van der Waals surface area (Å²) in [5, 5.41) is 22.9. The molecule has 1 aliphatic heterocycles. The summed E-state index contributed by atoms with van der Waals surface area (Å²) in [6, 6.07) is -12.7. The van der Waals surface area contributed by atoms with Gasteiger partial charge in [0.05, 0.1) is 12.6 Å². The van der Waals surface area contributed by atoms with Gasteiger partial charge in [0.15, 0.2) is 0 Å². The SMILES string of the molecule is C=C(C)[C@@H]1NC(=O)[C@H](CC(C)C)N(C)C(=O)CN(C)C(=O)[C@H](CC)NC(=O)[C@H](C(O)[C@H](C)C/C=C/C)N(C)C(=O)C(C(C)C)N(C)C(=O)C(CC(C)C)N(C)C(=O)[C@H](CC(C)C)N(C)C(=O)C(C)NC(=O)[C@H](C)NC(=O)[C@H](CC(C)C)N(C)C1=O. The number of amides is 11. The van der Waals surface area contributed by atoms with Crippen LogP contribution in [-0.4, -0.2) is 227 Å². The van der Waals surface area contributed by atoms with Crippen LogP contribution in [0.15, 0.2) is 24.3 Å². The molecule has 484 valence electrons. The highest BCUT2D eigenvalue weighted by Crippen LogP contribution is 2.25. The molecule has 1 saturated heterocycles. The largest absolute Gasteiger partial charge is 0.390 e. The second kappa shape index (κ2) is 34.7. The third kappa shape index (κ3) is 21.5. The zero-order valence-corrected chi connectivity index (χ0v) is 55.7.